The van der Waals surface area contributed by atoms with Crippen LogP contribution < -0.4 is 10.2 Å². The molecule has 0 bridgehead atoms. The fourth-order valence-electron chi connectivity index (χ4n) is 3.59. The molecule has 1 aliphatic rings. The summed E-state index contributed by atoms with van der Waals surface area (Å²) in [6, 6.07) is 16.4. The number of carbonyl (C=O) groups is 1. The first-order valence-electron chi connectivity index (χ1n) is 9.81. The third-order valence-corrected chi connectivity index (χ3v) is 8.46. The standard InChI is InChI=1S/C22H22ClN3O3S2/c1-16-5-4-6-17(15-16)24-22(27)21-20(9-14-30-21)31(28,29)26-12-10-25(11-13-26)19-8-3-2-7-18(19)23/h2-9,14-15H,10-13H2,1H3,(H,24,27). The summed E-state index contributed by atoms with van der Waals surface area (Å²) < 4.78 is 28.0. The number of carbonyl (C=O) groups excluding carboxylic acids is 1. The van der Waals surface area contributed by atoms with Gasteiger partial charge in [0.15, 0.2) is 0 Å². The minimum atomic E-state index is -3.79. The van der Waals surface area contributed by atoms with Gasteiger partial charge in [-0.05, 0) is 48.2 Å². The van der Waals surface area contributed by atoms with Crippen molar-refractivity contribution in [3.8, 4) is 0 Å². The summed E-state index contributed by atoms with van der Waals surface area (Å²) in [5.74, 6) is -0.422. The highest BCUT2D eigenvalue weighted by Gasteiger charge is 2.33. The van der Waals surface area contributed by atoms with Crippen molar-refractivity contribution in [2.24, 2.45) is 0 Å². The molecule has 1 aliphatic heterocycles. The van der Waals surface area contributed by atoms with E-state index in [1.54, 1.807) is 11.4 Å². The number of hydrogen-bond donors (Lipinski definition) is 1. The molecule has 1 aromatic heterocycles. The van der Waals surface area contributed by atoms with E-state index in [0.717, 1.165) is 22.6 Å². The van der Waals surface area contributed by atoms with Crippen LogP contribution in [0.2, 0.25) is 5.02 Å². The van der Waals surface area contributed by atoms with Gasteiger partial charge in [0.1, 0.15) is 9.77 Å². The molecule has 162 valence electrons. The van der Waals surface area contributed by atoms with Gasteiger partial charge in [-0.15, -0.1) is 11.3 Å². The summed E-state index contributed by atoms with van der Waals surface area (Å²) in [5, 5.41) is 5.08. The number of nitrogens with zero attached hydrogens (tertiary/aromatic N) is 2. The van der Waals surface area contributed by atoms with Crippen molar-refractivity contribution in [2.75, 3.05) is 36.4 Å². The van der Waals surface area contributed by atoms with Gasteiger partial charge in [-0.3, -0.25) is 4.79 Å². The van der Waals surface area contributed by atoms with Crippen LogP contribution in [0.1, 0.15) is 15.2 Å². The van der Waals surface area contributed by atoms with Gasteiger partial charge < -0.3 is 10.2 Å². The van der Waals surface area contributed by atoms with E-state index in [1.165, 1.54) is 10.4 Å². The lowest BCUT2D eigenvalue weighted by Crippen LogP contribution is -2.48. The molecule has 1 saturated heterocycles. The number of nitrogens with one attached hydrogen (secondary N) is 1. The molecule has 6 nitrogen and oxygen atoms in total. The molecule has 4 rings (SSSR count). The highest BCUT2D eigenvalue weighted by Crippen LogP contribution is 2.30. The maximum atomic E-state index is 13.3. The molecule has 3 aromatic rings. The third kappa shape index (κ3) is 4.62. The van der Waals surface area contributed by atoms with Gasteiger partial charge in [0.05, 0.1) is 10.7 Å². The molecule has 0 unspecified atom stereocenters. The predicted octanol–water partition coefficient (Wildman–Crippen LogP) is 4.47. The Morgan fingerprint density at radius 1 is 1.03 bits per heavy atom. The van der Waals surface area contributed by atoms with Crippen molar-refractivity contribution >= 4 is 50.2 Å². The molecule has 0 saturated carbocycles. The molecule has 0 aliphatic carbocycles. The van der Waals surface area contributed by atoms with Crippen molar-refractivity contribution in [3.63, 3.8) is 0 Å². The van der Waals surface area contributed by atoms with E-state index in [0.29, 0.717) is 36.9 Å². The van der Waals surface area contributed by atoms with Crippen molar-refractivity contribution in [1.82, 2.24) is 4.31 Å². The summed E-state index contributed by atoms with van der Waals surface area (Å²) in [6.45, 7) is 3.62. The Hall–Kier alpha value is -2.39. The van der Waals surface area contributed by atoms with Crippen molar-refractivity contribution < 1.29 is 13.2 Å². The second-order valence-corrected chi connectivity index (χ2v) is 10.5. The number of amides is 1. The third-order valence-electron chi connectivity index (χ3n) is 5.16. The van der Waals surface area contributed by atoms with E-state index < -0.39 is 15.9 Å². The van der Waals surface area contributed by atoms with Gasteiger partial charge in [0.2, 0.25) is 10.0 Å². The summed E-state index contributed by atoms with van der Waals surface area (Å²) in [7, 11) is -3.79. The molecule has 0 radical (unpaired) electrons. The topological polar surface area (TPSA) is 69.7 Å². The number of benzene rings is 2. The number of piperazine rings is 1. The van der Waals surface area contributed by atoms with Gasteiger partial charge in [-0.1, -0.05) is 35.9 Å². The molecule has 2 heterocycles. The Morgan fingerprint density at radius 2 is 1.77 bits per heavy atom. The minimum Gasteiger partial charge on any atom is -0.368 e. The van der Waals surface area contributed by atoms with Crippen LogP contribution in [-0.4, -0.2) is 44.8 Å². The van der Waals surface area contributed by atoms with E-state index in [2.05, 4.69) is 10.2 Å². The molecule has 1 amide bonds. The molecule has 1 fully saturated rings. The van der Waals surface area contributed by atoms with Gasteiger partial charge in [-0.2, -0.15) is 4.31 Å². The Labute approximate surface area is 191 Å². The molecule has 31 heavy (non-hydrogen) atoms. The average molecular weight is 476 g/mol. The number of hydrogen-bond acceptors (Lipinski definition) is 5. The number of para-hydroxylation sites is 1. The second kappa shape index (κ2) is 9.00. The maximum absolute atomic E-state index is 13.3. The van der Waals surface area contributed by atoms with E-state index in [-0.39, 0.29) is 9.77 Å². The highest BCUT2D eigenvalue weighted by molar-refractivity contribution is 7.89. The fourth-order valence-corrected chi connectivity index (χ4v) is 6.57. The van der Waals surface area contributed by atoms with E-state index in [9.17, 15) is 13.2 Å². The highest BCUT2D eigenvalue weighted by atomic mass is 35.5. The Kier molecular flexibility index (Phi) is 6.34. The van der Waals surface area contributed by atoms with Gasteiger partial charge in [0, 0.05) is 31.9 Å². The Balaban J connectivity index is 1.50. The van der Waals surface area contributed by atoms with Crippen molar-refractivity contribution in [2.45, 2.75) is 11.8 Å². The van der Waals surface area contributed by atoms with Crippen LogP contribution in [0.4, 0.5) is 11.4 Å². The Morgan fingerprint density at radius 3 is 2.48 bits per heavy atom. The summed E-state index contributed by atoms with van der Waals surface area (Å²) in [4.78, 5) is 15.1. The number of anilines is 2. The number of thiophene rings is 1. The molecule has 2 aromatic carbocycles. The van der Waals surface area contributed by atoms with E-state index in [4.69, 9.17) is 11.6 Å². The molecule has 9 heteroatoms. The lowest BCUT2D eigenvalue weighted by molar-refractivity contribution is 0.102. The molecule has 1 N–H and O–H groups in total. The maximum Gasteiger partial charge on any atom is 0.267 e. The normalized spacial score (nSPS) is 15.1. The van der Waals surface area contributed by atoms with Crippen LogP contribution in [-0.2, 0) is 10.0 Å². The first-order chi connectivity index (χ1) is 14.9. The first-order valence-corrected chi connectivity index (χ1v) is 12.5. The number of rotatable bonds is 5. The predicted molar refractivity (Wildman–Crippen MR) is 126 cm³/mol. The summed E-state index contributed by atoms with van der Waals surface area (Å²) >= 11 is 7.41. The zero-order valence-electron chi connectivity index (χ0n) is 16.9. The summed E-state index contributed by atoms with van der Waals surface area (Å²) in [5.41, 5.74) is 2.54. The zero-order chi connectivity index (χ0) is 22.0. The quantitative estimate of drug-likeness (QED) is 0.591. The van der Waals surface area contributed by atoms with E-state index in [1.807, 2.05) is 49.4 Å². The first kappa shape index (κ1) is 21.8. The van der Waals surface area contributed by atoms with Crippen LogP contribution in [0, 0.1) is 6.92 Å². The molecular weight excluding hydrogens is 454 g/mol. The van der Waals surface area contributed by atoms with Gasteiger partial charge in [0.25, 0.3) is 5.91 Å². The zero-order valence-corrected chi connectivity index (χ0v) is 19.3. The average Bonchev–Trinajstić information content (AvgIpc) is 3.25. The minimum absolute atomic E-state index is 0.0499. The van der Waals surface area contributed by atoms with Crippen LogP contribution in [0.3, 0.4) is 0 Å². The Bertz CT molecular complexity index is 1200. The van der Waals surface area contributed by atoms with Crippen molar-refractivity contribution in [1.29, 1.82) is 0 Å². The molecule has 0 spiro atoms. The number of sulfonamides is 1. The lowest BCUT2D eigenvalue weighted by atomic mass is 10.2. The van der Waals surface area contributed by atoms with Crippen LogP contribution in [0.25, 0.3) is 0 Å². The van der Waals surface area contributed by atoms with Crippen LogP contribution in [0.5, 0.6) is 0 Å². The van der Waals surface area contributed by atoms with Crippen LogP contribution in [0.15, 0.2) is 64.9 Å². The lowest BCUT2D eigenvalue weighted by Gasteiger charge is -2.35. The fraction of sp³-hybridized carbons (Fsp3) is 0.227. The second-order valence-electron chi connectivity index (χ2n) is 7.28. The smallest absolute Gasteiger partial charge is 0.267 e. The SMILES string of the molecule is Cc1cccc(NC(=O)c2sccc2S(=O)(=O)N2CCN(c3ccccc3Cl)CC2)c1. The largest absolute Gasteiger partial charge is 0.368 e. The van der Waals surface area contributed by atoms with Gasteiger partial charge >= 0.3 is 0 Å². The number of aryl methyl sites for hydroxylation is 1. The van der Waals surface area contributed by atoms with Crippen LogP contribution >= 0.6 is 22.9 Å². The summed E-state index contributed by atoms with van der Waals surface area (Å²) in [6.07, 6.45) is 0. The van der Waals surface area contributed by atoms with Gasteiger partial charge in [-0.25, -0.2) is 8.42 Å². The molecular formula is C22H22ClN3O3S2. The monoisotopic (exact) mass is 475 g/mol. The van der Waals surface area contributed by atoms with Crippen molar-refractivity contribution in [3.05, 3.63) is 75.4 Å². The molecule has 0 atom stereocenters. The van der Waals surface area contributed by atoms with E-state index >= 15 is 0 Å². The number of halogens is 1.